The Bertz CT molecular complexity index is 457. The molecule has 1 aromatic carbocycles. The molecular formula is C17H23F3O2. The van der Waals surface area contributed by atoms with E-state index in [1.165, 1.54) is 0 Å². The zero-order chi connectivity index (χ0) is 16.6. The number of alkyl halides is 3. The SMILES string of the molecule is CCCC(CCCC(F)(F)F)(CCc1ccccc1)C(=O)O. The van der Waals surface area contributed by atoms with Crippen LogP contribution in [0.3, 0.4) is 0 Å². The standard InChI is InChI=1S/C17H23F3O2/c1-2-10-16(15(21)22,11-6-12-17(18,19)20)13-9-14-7-4-3-5-8-14/h3-5,7-8H,2,6,9-13H2,1H3,(H,21,22). The van der Waals surface area contributed by atoms with Crippen molar-refractivity contribution in [1.29, 1.82) is 0 Å². The van der Waals surface area contributed by atoms with E-state index in [0.29, 0.717) is 25.7 Å². The Morgan fingerprint density at radius 3 is 2.18 bits per heavy atom. The van der Waals surface area contributed by atoms with E-state index in [4.69, 9.17) is 0 Å². The normalized spacial score (nSPS) is 14.5. The summed E-state index contributed by atoms with van der Waals surface area (Å²) >= 11 is 0. The van der Waals surface area contributed by atoms with Gasteiger partial charge in [-0.2, -0.15) is 13.2 Å². The largest absolute Gasteiger partial charge is 0.481 e. The molecule has 0 aliphatic rings. The first-order valence-corrected chi connectivity index (χ1v) is 7.63. The summed E-state index contributed by atoms with van der Waals surface area (Å²) in [4.78, 5) is 11.7. The molecule has 0 aromatic heterocycles. The van der Waals surface area contributed by atoms with Crippen LogP contribution in [0.25, 0.3) is 0 Å². The first-order valence-electron chi connectivity index (χ1n) is 7.63. The quantitative estimate of drug-likeness (QED) is 0.678. The Morgan fingerprint density at radius 2 is 1.68 bits per heavy atom. The fourth-order valence-corrected chi connectivity index (χ4v) is 2.83. The fourth-order valence-electron chi connectivity index (χ4n) is 2.83. The maximum atomic E-state index is 12.3. The molecular weight excluding hydrogens is 293 g/mol. The summed E-state index contributed by atoms with van der Waals surface area (Å²) in [6.07, 6.45) is -3.21. The van der Waals surface area contributed by atoms with Gasteiger partial charge in [0.2, 0.25) is 0 Å². The predicted molar refractivity (Wildman–Crippen MR) is 79.6 cm³/mol. The molecule has 0 amide bonds. The van der Waals surface area contributed by atoms with Crippen LogP contribution in [-0.2, 0) is 11.2 Å². The van der Waals surface area contributed by atoms with Crippen LogP contribution in [0.15, 0.2) is 30.3 Å². The lowest BCUT2D eigenvalue weighted by molar-refractivity contribution is -0.153. The van der Waals surface area contributed by atoms with Crippen molar-refractivity contribution in [3.05, 3.63) is 35.9 Å². The van der Waals surface area contributed by atoms with E-state index in [1.54, 1.807) is 0 Å². The maximum absolute atomic E-state index is 12.3. The fraction of sp³-hybridized carbons (Fsp3) is 0.588. The van der Waals surface area contributed by atoms with Gasteiger partial charge in [-0.3, -0.25) is 4.79 Å². The third kappa shape index (κ3) is 6.08. The molecule has 0 saturated heterocycles. The number of benzene rings is 1. The van der Waals surface area contributed by atoms with Gasteiger partial charge < -0.3 is 5.11 Å². The zero-order valence-electron chi connectivity index (χ0n) is 12.8. The number of halogens is 3. The van der Waals surface area contributed by atoms with Gasteiger partial charge in [-0.05, 0) is 37.7 Å². The van der Waals surface area contributed by atoms with Crippen LogP contribution in [0.5, 0.6) is 0 Å². The van der Waals surface area contributed by atoms with Crippen LogP contribution in [0.4, 0.5) is 13.2 Å². The highest BCUT2D eigenvalue weighted by Crippen LogP contribution is 2.37. The average molecular weight is 316 g/mol. The number of aliphatic carboxylic acids is 1. The van der Waals surface area contributed by atoms with Gasteiger partial charge in [0.1, 0.15) is 0 Å². The lowest BCUT2D eigenvalue weighted by Crippen LogP contribution is -2.32. The first-order chi connectivity index (χ1) is 10.3. The van der Waals surface area contributed by atoms with E-state index in [1.807, 2.05) is 37.3 Å². The summed E-state index contributed by atoms with van der Waals surface area (Å²) in [5.41, 5.74) is -0.0457. The molecule has 5 heteroatoms. The lowest BCUT2D eigenvalue weighted by Gasteiger charge is -2.29. The lowest BCUT2D eigenvalue weighted by atomic mass is 9.74. The summed E-state index contributed by atoms with van der Waals surface area (Å²) in [5.74, 6) is -0.979. The molecule has 0 spiro atoms. The predicted octanol–water partition coefficient (Wildman–Crippen LogP) is 5.22. The molecule has 1 N–H and O–H groups in total. The van der Waals surface area contributed by atoms with Crippen molar-refractivity contribution < 1.29 is 23.1 Å². The molecule has 0 fully saturated rings. The molecule has 0 aliphatic heterocycles. The van der Waals surface area contributed by atoms with Crippen LogP contribution in [0, 0.1) is 5.41 Å². The minimum atomic E-state index is -4.23. The number of carboxylic acid groups (broad SMARTS) is 1. The minimum Gasteiger partial charge on any atom is -0.481 e. The Hall–Kier alpha value is -1.52. The third-order valence-electron chi connectivity index (χ3n) is 4.03. The van der Waals surface area contributed by atoms with Crippen LogP contribution >= 0.6 is 0 Å². The highest BCUT2D eigenvalue weighted by molar-refractivity contribution is 5.74. The second-order valence-corrected chi connectivity index (χ2v) is 5.79. The topological polar surface area (TPSA) is 37.3 Å². The smallest absolute Gasteiger partial charge is 0.389 e. The number of aryl methyl sites for hydroxylation is 1. The Balaban J connectivity index is 2.74. The number of hydrogen-bond acceptors (Lipinski definition) is 1. The van der Waals surface area contributed by atoms with Crippen molar-refractivity contribution in [2.75, 3.05) is 0 Å². The third-order valence-corrected chi connectivity index (χ3v) is 4.03. The molecule has 1 rings (SSSR count). The second kappa shape index (κ2) is 8.20. The highest BCUT2D eigenvalue weighted by atomic mass is 19.4. The summed E-state index contributed by atoms with van der Waals surface area (Å²) in [6.45, 7) is 1.87. The van der Waals surface area contributed by atoms with E-state index >= 15 is 0 Å². The average Bonchev–Trinajstić information content (AvgIpc) is 2.44. The Kier molecular flexibility index (Phi) is 6.91. The summed E-state index contributed by atoms with van der Waals surface area (Å²) in [5, 5.41) is 9.58. The minimum absolute atomic E-state index is 0.0719. The number of rotatable bonds is 9. The van der Waals surface area contributed by atoms with E-state index in [0.717, 1.165) is 5.56 Å². The molecule has 1 unspecified atom stereocenters. The number of carboxylic acids is 1. The van der Waals surface area contributed by atoms with Crippen molar-refractivity contribution in [1.82, 2.24) is 0 Å². The molecule has 22 heavy (non-hydrogen) atoms. The van der Waals surface area contributed by atoms with E-state index in [2.05, 4.69) is 0 Å². The number of hydrogen-bond donors (Lipinski definition) is 1. The highest BCUT2D eigenvalue weighted by Gasteiger charge is 2.38. The van der Waals surface area contributed by atoms with Crippen molar-refractivity contribution >= 4 is 5.97 Å². The first kappa shape index (κ1) is 18.5. The van der Waals surface area contributed by atoms with Gasteiger partial charge in [-0.25, -0.2) is 0 Å². The van der Waals surface area contributed by atoms with Gasteiger partial charge >= 0.3 is 12.1 Å². The molecule has 0 saturated carbocycles. The molecule has 124 valence electrons. The second-order valence-electron chi connectivity index (χ2n) is 5.79. The van der Waals surface area contributed by atoms with Crippen LogP contribution in [-0.4, -0.2) is 17.3 Å². The maximum Gasteiger partial charge on any atom is 0.389 e. The van der Waals surface area contributed by atoms with E-state index < -0.39 is 24.0 Å². The Morgan fingerprint density at radius 1 is 1.05 bits per heavy atom. The van der Waals surface area contributed by atoms with E-state index in [9.17, 15) is 23.1 Å². The molecule has 0 bridgehead atoms. The van der Waals surface area contributed by atoms with E-state index in [-0.39, 0.29) is 12.8 Å². The summed E-state index contributed by atoms with van der Waals surface area (Å²) in [7, 11) is 0. The molecule has 1 atom stereocenters. The van der Waals surface area contributed by atoms with Crippen LogP contribution in [0.1, 0.15) is 51.0 Å². The number of carbonyl (C=O) groups is 1. The Labute approximate surface area is 129 Å². The van der Waals surface area contributed by atoms with Crippen molar-refractivity contribution in [3.8, 4) is 0 Å². The molecule has 0 heterocycles. The van der Waals surface area contributed by atoms with Gasteiger partial charge in [0.15, 0.2) is 0 Å². The zero-order valence-corrected chi connectivity index (χ0v) is 12.8. The van der Waals surface area contributed by atoms with Crippen molar-refractivity contribution in [3.63, 3.8) is 0 Å². The molecule has 1 aromatic rings. The van der Waals surface area contributed by atoms with Gasteiger partial charge in [-0.15, -0.1) is 0 Å². The van der Waals surface area contributed by atoms with Crippen molar-refractivity contribution in [2.45, 2.75) is 58.0 Å². The summed E-state index contributed by atoms with van der Waals surface area (Å²) in [6, 6.07) is 9.45. The molecule has 0 aliphatic carbocycles. The van der Waals surface area contributed by atoms with Crippen molar-refractivity contribution in [2.24, 2.45) is 5.41 Å². The van der Waals surface area contributed by atoms with Gasteiger partial charge in [0.05, 0.1) is 5.41 Å². The van der Waals surface area contributed by atoms with Gasteiger partial charge in [0, 0.05) is 6.42 Å². The molecule has 2 nitrogen and oxygen atoms in total. The summed E-state index contributed by atoms with van der Waals surface area (Å²) < 4.78 is 37.0. The van der Waals surface area contributed by atoms with Gasteiger partial charge in [0.25, 0.3) is 0 Å². The van der Waals surface area contributed by atoms with Gasteiger partial charge in [-0.1, -0.05) is 43.7 Å². The van der Waals surface area contributed by atoms with Crippen LogP contribution < -0.4 is 0 Å². The molecule has 0 radical (unpaired) electrons. The van der Waals surface area contributed by atoms with Crippen LogP contribution in [0.2, 0.25) is 0 Å². The monoisotopic (exact) mass is 316 g/mol.